The van der Waals surface area contributed by atoms with Crippen LogP contribution in [0.25, 0.3) is 16.9 Å². The molecule has 7 nitrogen and oxygen atoms in total. The molecule has 0 aliphatic carbocycles. The summed E-state index contributed by atoms with van der Waals surface area (Å²) < 4.78 is 7.59. The number of nitrogens with zero attached hydrogens (tertiary/aromatic N) is 3. The molecule has 37 heavy (non-hydrogen) atoms. The zero-order valence-electron chi connectivity index (χ0n) is 20.2. The zero-order chi connectivity index (χ0) is 25.6. The molecule has 3 aromatic carbocycles. The molecular weight excluding hydrogens is 488 g/mol. The van der Waals surface area contributed by atoms with Crippen molar-refractivity contribution in [1.82, 2.24) is 14.5 Å². The summed E-state index contributed by atoms with van der Waals surface area (Å²) in [6.45, 7) is 0.799. The van der Waals surface area contributed by atoms with E-state index in [0.717, 1.165) is 29.8 Å². The number of imidazole rings is 1. The van der Waals surface area contributed by atoms with Crippen LogP contribution in [0.1, 0.15) is 23.2 Å². The maximum Gasteiger partial charge on any atom is 0.255 e. The summed E-state index contributed by atoms with van der Waals surface area (Å²) in [5.74, 6) is -0.300. The van der Waals surface area contributed by atoms with Gasteiger partial charge in [-0.2, -0.15) is 0 Å². The standard InChI is InChI=1S/C29H27ClN4O3/c30-25-16-8-7-15-24(25)28(36)33(18-23-14-9-17-37-23)20-27(35)32-29-31-26(21-10-3-1-4-11-21)19-34(29)22-12-5-2-6-13-22/h1-8,10-13,15-16,19,23H,9,14,17-18,20H2,(H,31,32,35)/t23-/m0/s1. The minimum atomic E-state index is -0.360. The molecule has 2 heterocycles. The number of nitrogens with one attached hydrogen (secondary N) is 1. The van der Waals surface area contributed by atoms with Crippen LogP contribution in [0.4, 0.5) is 5.95 Å². The van der Waals surface area contributed by atoms with E-state index in [1.165, 1.54) is 4.90 Å². The number of benzene rings is 3. The van der Waals surface area contributed by atoms with E-state index in [2.05, 4.69) is 5.32 Å². The van der Waals surface area contributed by atoms with Gasteiger partial charge in [-0.05, 0) is 37.1 Å². The van der Waals surface area contributed by atoms with Crippen molar-refractivity contribution in [2.24, 2.45) is 0 Å². The predicted molar refractivity (Wildman–Crippen MR) is 144 cm³/mol. The van der Waals surface area contributed by atoms with Crippen molar-refractivity contribution >= 4 is 29.4 Å². The second kappa shape index (κ2) is 11.4. The van der Waals surface area contributed by atoms with E-state index < -0.39 is 0 Å². The summed E-state index contributed by atoms with van der Waals surface area (Å²) in [6.07, 6.45) is 3.55. The molecule has 188 valence electrons. The minimum Gasteiger partial charge on any atom is -0.376 e. The second-order valence-corrected chi connectivity index (χ2v) is 9.28. The van der Waals surface area contributed by atoms with Gasteiger partial charge < -0.3 is 9.64 Å². The Balaban J connectivity index is 1.41. The van der Waals surface area contributed by atoms with Crippen molar-refractivity contribution in [3.8, 4) is 16.9 Å². The molecule has 0 spiro atoms. The molecule has 4 aromatic rings. The number of para-hydroxylation sites is 1. The Morgan fingerprint density at radius 3 is 2.41 bits per heavy atom. The molecule has 0 bridgehead atoms. The molecule has 1 atom stereocenters. The summed E-state index contributed by atoms with van der Waals surface area (Å²) in [6, 6.07) is 26.3. The van der Waals surface area contributed by atoms with Gasteiger partial charge >= 0.3 is 0 Å². The summed E-state index contributed by atoms with van der Waals surface area (Å²) in [5.41, 5.74) is 2.87. The first-order valence-electron chi connectivity index (χ1n) is 12.2. The molecule has 0 radical (unpaired) electrons. The van der Waals surface area contributed by atoms with E-state index in [-0.39, 0.29) is 24.5 Å². The summed E-state index contributed by atoms with van der Waals surface area (Å²) in [5, 5.41) is 3.27. The number of halogens is 1. The van der Waals surface area contributed by atoms with Gasteiger partial charge in [-0.25, -0.2) is 4.98 Å². The first-order valence-corrected chi connectivity index (χ1v) is 12.6. The Bertz CT molecular complexity index is 1370. The largest absolute Gasteiger partial charge is 0.376 e. The lowest BCUT2D eigenvalue weighted by Gasteiger charge is -2.25. The molecule has 1 N–H and O–H groups in total. The number of carbonyl (C=O) groups excluding carboxylic acids is 2. The first kappa shape index (κ1) is 24.7. The van der Waals surface area contributed by atoms with Crippen LogP contribution >= 0.6 is 11.6 Å². The van der Waals surface area contributed by atoms with Crippen LogP contribution in [0.5, 0.6) is 0 Å². The average molecular weight is 515 g/mol. The molecule has 0 unspecified atom stereocenters. The Labute approximate surface area is 220 Å². The van der Waals surface area contributed by atoms with Gasteiger partial charge in [-0.15, -0.1) is 0 Å². The van der Waals surface area contributed by atoms with Gasteiger partial charge in [0.05, 0.1) is 22.4 Å². The highest BCUT2D eigenvalue weighted by Crippen LogP contribution is 2.25. The number of ether oxygens (including phenoxy) is 1. The van der Waals surface area contributed by atoms with Gasteiger partial charge in [-0.1, -0.05) is 72.3 Å². The lowest BCUT2D eigenvalue weighted by Crippen LogP contribution is -2.42. The van der Waals surface area contributed by atoms with E-state index in [1.54, 1.807) is 24.3 Å². The molecule has 8 heteroatoms. The summed E-state index contributed by atoms with van der Waals surface area (Å²) >= 11 is 6.30. The monoisotopic (exact) mass is 514 g/mol. The molecule has 1 aliphatic rings. The highest BCUT2D eigenvalue weighted by atomic mass is 35.5. The van der Waals surface area contributed by atoms with Crippen molar-refractivity contribution in [2.45, 2.75) is 18.9 Å². The number of anilines is 1. The third kappa shape index (κ3) is 5.90. The van der Waals surface area contributed by atoms with E-state index in [9.17, 15) is 9.59 Å². The number of aromatic nitrogens is 2. The number of hydrogen-bond acceptors (Lipinski definition) is 4. The number of amides is 2. The lowest BCUT2D eigenvalue weighted by atomic mass is 10.1. The quantitative estimate of drug-likeness (QED) is 0.339. The Morgan fingerprint density at radius 1 is 1.00 bits per heavy atom. The lowest BCUT2D eigenvalue weighted by molar-refractivity contribution is -0.117. The van der Waals surface area contributed by atoms with Crippen LogP contribution in [0.2, 0.25) is 5.02 Å². The smallest absolute Gasteiger partial charge is 0.255 e. The molecular formula is C29H27ClN4O3. The number of rotatable bonds is 8. The van der Waals surface area contributed by atoms with Crippen molar-refractivity contribution < 1.29 is 14.3 Å². The van der Waals surface area contributed by atoms with Crippen LogP contribution < -0.4 is 5.32 Å². The molecule has 0 saturated carbocycles. The Morgan fingerprint density at radius 2 is 1.70 bits per heavy atom. The van der Waals surface area contributed by atoms with E-state index in [0.29, 0.717) is 29.7 Å². The molecule has 1 aliphatic heterocycles. The maximum absolute atomic E-state index is 13.4. The SMILES string of the molecule is O=C(CN(C[C@@H]1CCCO1)C(=O)c1ccccc1Cl)Nc1nc(-c2ccccc2)cn1-c1ccccc1. The Kier molecular flexibility index (Phi) is 7.63. The summed E-state index contributed by atoms with van der Waals surface area (Å²) in [7, 11) is 0. The van der Waals surface area contributed by atoms with Gasteiger partial charge in [0, 0.05) is 30.6 Å². The van der Waals surface area contributed by atoms with Crippen molar-refractivity contribution in [1.29, 1.82) is 0 Å². The van der Waals surface area contributed by atoms with Gasteiger partial charge in [0.25, 0.3) is 5.91 Å². The van der Waals surface area contributed by atoms with Crippen molar-refractivity contribution in [3.05, 3.63) is 102 Å². The zero-order valence-corrected chi connectivity index (χ0v) is 21.0. The third-order valence-electron chi connectivity index (χ3n) is 6.24. The van der Waals surface area contributed by atoms with Gasteiger partial charge in [0.15, 0.2) is 0 Å². The normalized spacial score (nSPS) is 14.9. The van der Waals surface area contributed by atoms with Crippen LogP contribution in [-0.4, -0.2) is 52.1 Å². The fourth-order valence-electron chi connectivity index (χ4n) is 4.40. The molecule has 5 rings (SSSR count). The van der Waals surface area contributed by atoms with Gasteiger partial charge in [-0.3, -0.25) is 19.5 Å². The van der Waals surface area contributed by atoms with Crippen molar-refractivity contribution in [2.75, 3.05) is 25.0 Å². The molecule has 1 fully saturated rings. The van der Waals surface area contributed by atoms with Crippen LogP contribution in [0, 0.1) is 0 Å². The minimum absolute atomic E-state index is 0.116. The topological polar surface area (TPSA) is 76.5 Å². The average Bonchev–Trinajstić information content (AvgIpc) is 3.59. The second-order valence-electron chi connectivity index (χ2n) is 8.87. The third-order valence-corrected chi connectivity index (χ3v) is 6.56. The highest BCUT2D eigenvalue weighted by Gasteiger charge is 2.27. The molecule has 1 saturated heterocycles. The van der Waals surface area contributed by atoms with Gasteiger partial charge in [0.1, 0.15) is 6.54 Å². The first-order chi connectivity index (χ1) is 18.1. The summed E-state index contributed by atoms with van der Waals surface area (Å²) in [4.78, 5) is 32.9. The number of hydrogen-bond donors (Lipinski definition) is 1. The molecule has 1 aromatic heterocycles. The maximum atomic E-state index is 13.4. The van der Waals surface area contributed by atoms with Crippen LogP contribution in [-0.2, 0) is 9.53 Å². The highest BCUT2D eigenvalue weighted by molar-refractivity contribution is 6.33. The van der Waals surface area contributed by atoms with Crippen LogP contribution in [0.15, 0.2) is 91.1 Å². The van der Waals surface area contributed by atoms with Crippen LogP contribution in [0.3, 0.4) is 0 Å². The van der Waals surface area contributed by atoms with E-state index >= 15 is 0 Å². The number of carbonyl (C=O) groups is 2. The predicted octanol–water partition coefficient (Wildman–Crippen LogP) is 5.45. The fraction of sp³-hybridized carbons (Fsp3) is 0.207. The molecule has 2 amide bonds. The van der Waals surface area contributed by atoms with Crippen molar-refractivity contribution in [3.63, 3.8) is 0 Å². The Hall–Kier alpha value is -3.94. The van der Waals surface area contributed by atoms with E-state index in [4.69, 9.17) is 21.3 Å². The van der Waals surface area contributed by atoms with E-state index in [1.807, 2.05) is 71.4 Å². The van der Waals surface area contributed by atoms with Gasteiger partial charge in [0.2, 0.25) is 11.9 Å². The fourth-order valence-corrected chi connectivity index (χ4v) is 4.61.